The van der Waals surface area contributed by atoms with Crippen LogP contribution in [0.25, 0.3) is 0 Å². The van der Waals surface area contributed by atoms with E-state index in [0.717, 1.165) is 16.9 Å². The summed E-state index contributed by atoms with van der Waals surface area (Å²) in [7, 11) is 1.64. The van der Waals surface area contributed by atoms with Gasteiger partial charge < -0.3 is 15.8 Å². The average molecular weight is 284 g/mol. The molecular formula is C12H20N4O2S. The molecular weight excluding hydrogens is 264 g/mol. The zero-order valence-corrected chi connectivity index (χ0v) is 12.2. The molecule has 0 amide bonds. The lowest BCUT2D eigenvalue weighted by atomic mass is 10.1. The summed E-state index contributed by atoms with van der Waals surface area (Å²) in [6, 6.07) is 5.57. The second-order valence-electron chi connectivity index (χ2n) is 3.48. The van der Waals surface area contributed by atoms with Crippen LogP contribution in [0.2, 0.25) is 0 Å². The summed E-state index contributed by atoms with van der Waals surface area (Å²) in [5.74, 6) is 0.276. The fourth-order valence-corrected chi connectivity index (χ4v) is 2.27. The minimum Gasteiger partial charge on any atom is -0.383 e. The molecule has 19 heavy (non-hydrogen) atoms. The van der Waals surface area contributed by atoms with Gasteiger partial charge in [0.25, 0.3) is 0 Å². The summed E-state index contributed by atoms with van der Waals surface area (Å²) in [6.07, 6.45) is 0. The molecule has 1 aromatic rings. The molecule has 1 aliphatic rings. The summed E-state index contributed by atoms with van der Waals surface area (Å²) in [4.78, 5) is 0. The van der Waals surface area contributed by atoms with Crippen LogP contribution in [-0.4, -0.2) is 30.3 Å². The Kier molecular flexibility index (Phi) is 6.31. The van der Waals surface area contributed by atoms with Crippen LogP contribution in [0.3, 0.4) is 0 Å². The molecule has 1 aliphatic heterocycles. The molecule has 7 heteroatoms. The highest BCUT2D eigenvalue weighted by Gasteiger charge is 2.18. The van der Waals surface area contributed by atoms with Gasteiger partial charge in [0.05, 0.1) is 17.9 Å². The molecule has 1 aromatic carbocycles. The summed E-state index contributed by atoms with van der Waals surface area (Å²) >= 11 is -1.49. The number of hydrogen-bond acceptors (Lipinski definition) is 4. The van der Waals surface area contributed by atoms with Gasteiger partial charge in [-0.1, -0.05) is 19.9 Å². The highest BCUT2D eigenvalue weighted by atomic mass is 32.2. The van der Waals surface area contributed by atoms with Crippen molar-refractivity contribution >= 4 is 28.4 Å². The van der Waals surface area contributed by atoms with Gasteiger partial charge in [-0.15, -0.1) is 0 Å². The van der Waals surface area contributed by atoms with E-state index in [2.05, 4.69) is 14.4 Å². The number of benzene rings is 1. The number of rotatable bonds is 4. The lowest BCUT2D eigenvalue weighted by Gasteiger charge is -2.18. The van der Waals surface area contributed by atoms with E-state index in [0.29, 0.717) is 13.2 Å². The van der Waals surface area contributed by atoms with E-state index in [1.165, 1.54) is 0 Å². The molecule has 0 aromatic heterocycles. The Morgan fingerprint density at radius 2 is 2.21 bits per heavy atom. The number of hydrogen-bond donors (Lipinski definition) is 3. The van der Waals surface area contributed by atoms with Crippen LogP contribution in [0.15, 0.2) is 22.6 Å². The van der Waals surface area contributed by atoms with E-state index >= 15 is 0 Å². The Morgan fingerprint density at radius 3 is 2.89 bits per heavy atom. The SMILES string of the molecule is CC.COCCNc1cccc2c1C(N)=NS(=O)N2. The lowest BCUT2D eigenvalue weighted by Crippen LogP contribution is -2.25. The summed E-state index contributed by atoms with van der Waals surface area (Å²) in [6.45, 7) is 5.27. The van der Waals surface area contributed by atoms with Crippen LogP contribution in [-0.2, 0) is 15.9 Å². The number of amidine groups is 1. The summed E-state index contributed by atoms with van der Waals surface area (Å²) in [5, 5.41) is 3.19. The first-order chi connectivity index (χ1) is 9.22. The van der Waals surface area contributed by atoms with E-state index in [1.54, 1.807) is 7.11 Å². The number of anilines is 2. The highest BCUT2D eigenvalue weighted by molar-refractivity contribution is 7.85. The minimum atomic E-state index is -1.49. The predicted molar refractivity (Wildman–Crippen MR) is 80.6 cm³/mol. The van der Waals surface area contributed by atoms with E-state index in [4.69, 9.17) is 10.5 Å². The molecule has 0 saturated carbocycles. The van der Waals surface area contributed by atoms with Crippen LogP contribution in [0.1, 0.15) is 19.4 Å². The molecule has 0 bridgehead atoms. The Labute approximate surface area is 116 Å². The van der Waals surface area contributed by atoms with E-state index in [1.807, 2.05) is 32.0 Å². The van der Waals surface area contributed by atoms with Gasteiger partial charge in [-0.05, 0) is 12.1 Å². The second kappa shape index (κ2) is 7.75. The summed E-state index contributed by atoms with van der Waals surface area (Å²) < 4.78 is 22.8. The standard InChI is InChI=1S/C10H14N4O2S.C2H6/c1-16-6-5-12-7-3-2-4-8-9(7)10(11)14-17(15)13-8;1-2/h2-4,12-13H,5-6H2,1H3,(H2,11,14);1-2H3. The number of nitrogens with one attached hydrogen (secondary N) is 2. The van der Waals surface area contributed by atoms with Gasteiger partial charge in [0, 0.05) is 19.3 Å². The van der Waals surface area contributed by atoms with E-state index in [-0.39, 0.29) is 5.84 Å². The van der Waals surface area contributed by atoms with E-state index in [9.17, 15) is 4.21 Å². The molecule has 0 saturated heterocycles. The first-order valence-corrected chi connectivity index (χ1v) is 7.22. The quantitative estimate of drug-likeness (QED) is 0.731. The third-order valence-corrected chi connectivity index (χ3v) is 3.08. The van der Waals surface area contributed by atoms with E-state index < -0.39 is 11.2 Å². The fraction of sp³-hybridized carbons (Fsp3) is 0.417. The molecule has 0 radical (unpaired) electrons. The topological polar surface area (TPSA) is 88.7 Å². The van der Waals surface area contributed by atoms with Crippen molar-refractivity contribution in [1.82, 2.24) is 0 Å². The maximum Gasteiger partial charge on any atom is 0.245 e. The normalized spacial score (nSPS) is 16.4. The molecule has 0 fully saturated rings. The van der Waals surface area contributed by atoms with Crippen LogP contribution in [0.4, 0.5) is 11.4 Å². The van der Waals surface area contributed by atoms with Crippen molar-refractivity contribution in [2.45, 2.75) is 13.8 Å². The van der Waals surface area contributed by atoms with Gasteiger partial charge >= 0.3 is 0 Å². The van der Waals surface area contributed by atoms with Crippen LogP contribution in [0, 0.1) is 0 Å². The van der Waals surface area contributed by atoms with Gasteiger partial charge in [0.2, 0.25) is 11.2 Å². The third kappa shape index (κ3) is 3.93. The van der Waals surface area contributed by atoms with Crippen molar-refractivity contribution in [1.29, 1.82) is 0 Å². The van der Waals surface area contributed by atoms with Gasteiger partial charge in [-0.3, -0.25) is 4.72 Å². The summed E-state index contributed by atoms with van der Waals surface area (Å²) in [5.41, 5.74) is 8.11. The average Bonchev–Trinajstić information content (AvgIpc) is 2.40. The molecule has 1 unspecified atom stereocenters. The molecule has 1 heterocycles. The maximum atomic E-state index is 11.3. The molecule has 0 aliphatic carbocycles. The van der Waals surface area contributed by atoms with Gasteiger partial charge in [-0.2, -0.15) is 4.40 Å². The maximum absolute atomic E-state index is 11.3. The Hall–Kier alpha value is -1.60. The number of fused-ring (bicyclic) bond motifs is 1. The predicted octanol–water partition coefficient (Wildman–Crippen LogP) is 1.48. The van der Waals surface area contributed by atoms with Crippen LogP contribution >= 0.6 is 0 Å². The molecule has 1 atom stereocenters. The second-order valence-corrected chi connectivity index (χ2v) is 4.36. The smallest absolute Gasteiger partial charge is 0.245 e. The molecule has 106 valence electrons. The number of methoxy groups -OCH3 is 1. The zero-order chi connectivity index (χ0) is 14.3. The molecule has 4 N–H and O–H groups in total. The fourth-order valence-electron chi connectivity index (χ4n) is 1.60. The highest BCUT2D eigenvalue weighted by Crippen LogP contribution is 2.27. The molecule has 0 spiro atoms. The van der Waals surface area contributed by atoms with Crippen molar-refractivity contribution in [3.63, 3.8) is 0 Å². The first-order valence-electron chi connectivity index (χ1n) is 6.11. The molecule has 6 nitrogen and oxygen atoms in total. The van der Waals surface area contributed by atoms with Crippen molar-refractivity contribution in [3.8, 4) is 0 Å². The van der Waals surface area contributed by atoms with Gasteiger partial charge in [0.15, 0.2) is 0 Å². The Morgan fingerprint density at radius 1 is 1.47 bits per heavy atom. The van der Waals surface area contributed by atoms with Crippen LogP contribution in [0.5, 0.6) is 0 Å². The van der Waals surface area contributed by atoms with Crippen molar-refractivity contribution in [3.05, 3.63) is 23.8 Å². The zero-order valence-electron chi connectivity index (χ0n) is 11.4. The Balaban J connectivity index is 0.000000861. The van der Waals surface area contributed by atoms with Crippen molar-refractivity contribution < 1.29 is 8.95 Å². The largest absolute Gasteiger partial charge is 0.383 e. The van der Waals surface area contributed by atoms with Crippen LogP contribution < -0.4 is 15.8 Å². The molecule has 2 rings (SSSR count). The first kappa shape index (κ1) is 15.5. The number of ether oxygens (including phenoxy) is 1. The lowest BCUT2D eigenvalue weighted by molar-refractivity contribution is 0.211. The number of nitrogens with two attached hydrogens (primary N) is 1. The van der Waals surface area contributed by atoms with Crippen molar-refractivity contribution in [2.24, 2.45) is 10.1 Å². The third-order valence-electron chi connectivity index (χ3n) is 2.32. The number of nitrogens with zero attached hydrogens (tertiary/aromatic N) is 1. The van der Waals surface area contributed by atoms with Gasteiger partial charge in [-0.25, -0.2) is 4.21 Å². The van der Waals surface area contributed by atoms with Gasteiger partial charge in [0.1, 0.15) is 5.84 Å². The minimum absolute atomic E-state index is 0.276. The monoisotopic (exact) mass is 284 g/mol. The Bertz CT molecular complexity index is 477. The van der Waals surface area contributed by atoms with Crippen molar-refractivity contribution in [2.75, 3.05) is 30.3 Å².